The molecular weight excluding hydrogens is 448 g/mol. The SMILES string of the molecule is CC(C)(C)OC(=O)NC(Cc1c[nH]c2ccc(OS(C)(=O)=O)cc12)C(=O)N1CCCC1C#N. The molecule has 1 saturated heterocycles. The third-order valence-corrected chi connectivity index (χ3v) is 5.58. The topological polar surface area (TPSA) is 142 Å². The number of carbonyl (C=O) groups excluding carboxylic acids is 2. The number of alkyl carbamates (subject to hydrolysis) is 1. The lowest BCUT2D eigenvalue weighted by Gasteiger charge is -2.27. The van der Waals surface area contributed by atoms with Gasteiger partial charge in [-0.15, -0.1) is 0 Å². The molecule has 33 heavy (non-hydrogen) atoms. The van der Waals surface area contributed by atoms with Crippen LogP contribution in [0.2, 0.25) is 0 Å². The third kappa shape index (κ3) is 6.38. The van der Waals surface area contributed by atoms with Gasteiger partial charge in [-0.3, -0.25) is 4.79 Å². The van der Waals surface area contributed by atoms with Crippen molar-refractivity contribution in [2.75, 3.05) is 12.8 Å². The van der Waals surface area contributed by atoms with Crippen LogP contribution in [0.3, 0.4) is 0 Å². The van der Waals surface area contributed by atoms with Crippen molar-refractivity contribution in [3.63, 3.8) is 0 Å². The summed E-state index contributed by atoms with van der Waals surface area (Å²) in [4.78, 5) is 30.4. The van der Waals surface area contributed by atoms with Gasteiger partial charge in [-0.25, -0.2) is 4.79 Å². The summed E-state index contributed by atoms with van der Waals surface area (Å²) in [5, 5.41) is 12.7. The van der Waals surface area contributed by atoms with Gasteiger partial charge in [0.05, 0.1) is 12.3 Å². The first-order valence-corrected chi connectivity index (χ1v) is 12.4. The van der Waals surface area contributed by atoms with E-state index >= 15 is 0 Å². The van der Waals surface area contributed by atoms with Crippen LogP contribution in [0.1, 0.15) is 39.2 Å². The number of benzene rings is 1. The zero-order valence-electron chi connectivity index (χ0n) is 19.0. The number of aromatic amines is 1. The monoisotopic (exact) mass is 476 g/mol. The van der Waals surface area contributed by atoms with Gasteiger partial charge in [-0.2, -0.15) is 13.7 Å². The molecule has 0 radical (unpaired) electrons. The summed E-state index contributed by atoms with van der Waals surface area (Å²) in [6, 6.07) is 5.37. The van der Waals surface area contributed by atoms with Gasteiger partial charge < -0.3 is 24.1 Å². The zero-order chi connectivity index (χ0) is 24.4. The molecule has 11 heteroatoms. The molecule has 2 heterocycles. The largest absolute Gasteiger partial charge is 0.444 e. The Morgan fingerprint density at radius 3 is 2.73 bits per heavy atom. The number of nitrogens with zero attached hydrogens (tertiary/aromatic N) is 2. The Morgan fingerprint density at radius 2 is 2.09 bits per heavy atom. The van der Waals surface area contributed by atoms with Crippen molar-refractivity contribution in [3.8, 4) is 11.8 Å². The highest BCUT2D eigenvalue weighted by atomic mass is 32.2. The minimum absolute atomic E-state index is 0.106. The molecule has 2 aromatic rings. The van der Waals surface area contributed by atoms with Gasteiger partial charge in [-0.05, 0) is 57.4 Å². The minimum Gasteiger partial charge on any atom is -0.444 e. The van der Waals surface area contributed by atoms with Gasteiger partial charge >= 0.3 is 16.2 Å². The molecule has 3 rings (SSSR count). The van der Waals surface area contributed by atoms with Crippen molar-refractivity contribution >= 4 is 33.0 Å². The standard InChI is InChI=1S/C22H28N4O6S/c1-22(2,3)31-21(28)25-19(20(27)26-9-5-6-15(26)12-23)10-14-13-24-18-8-7-16(11-17(14)18)32-33(4,29)30/h7-8,11,13,15,19,24H,5-6,9-10H2,1-4H3,(H,25,28). The molecule has 178 valence electrons. The molecule has 2 atom stereocenters. The number of aromatic nitrogens is 1. The number of carbonyl (C=O) groups is 2. The normalized spacial score (nSPS) is 17.4. The molecule has 0 spiro atoms. The van der Waals surface area contributed by atoms with Gasteiger partial charge in [0.2, 0.25) is 5.91 Å². The molecule has 1 aromatic heterocycles. The van der Waals surface area contributed by atoms with Gasteiger partial charge in [0, 0.05) is 30.1 Å². The van der Waals surface area contributed by atoms with Gasteiger partial charge in [0.25, 0.3) is 0 Å². The van der Waals surface area contributed by atoms with E-state index in [1.54, 1.807) is 39.1 Å². The number of fused-ring (bicyclic) bond motifs is 1. The van der Waals surface area contributed by atoms with E-state index in [9.17, 15) is 23.3 Å². The number of likely N-dealkylation sites (tertiary alicyclic amines) is 1. The van der Waals surface area contributed by atoms with E-state index in [4.69, 9.17) is 8.92 Å². The molecule has 2 amide bonds. The van der Waals surface area contributed by atoms with Crippen molar-refractivity contribution < 1.29 is 26.9 Å². The first-order chi connectivity index (χ1) is 15.4. The van der Waals surface area contributed by atoms with Crippen LogP contribution in [0.15, 0.2) is 24.4 Å². The van der Waals surface area contributed by atoms with Crippen LogP contribution in [-0.4, -0.2) is 60.8 Å². The molecule has 1 fully saturated rings. The molecule has 2 unspecified atom stereocenters. The predicted octanol–water partition coefficient (Wildman–Crippen LogP) is 2.46. The lowest BCUT2D eigenvalue weighted by molar-refractivity contribution is -0.133. The fourth-order valence-electron chi connectivity index (χ4n) is 3.79. The molecule has 0 bridgehead atoms. The molecule has 1 aromatic carbocycles. The van der Waals surface area contributed by atoms with E-state index in [-0.39, 0.29) is 18.1 Å². The van der Waals surface area contributed by atoms with Crippen molar-refractivity contribution in [3.05, 3.63) is 30.0 Å². The summed E-state index contributed by atoms with van der Waals surface area (Å²) in [5.41, 5.74) is 0.635. The summed E-state index contributed by atoms with van der Waals surface area (Å²) < 4.78 is 33.3. The Labute approximate surface area is 193 Å². The second kappa shape index (κ2) is 9.31. The lowest BCUT2D eigenvalue weighted by atomic mass is 10.0. The average molecular weight is 477 g/mol. The maximum Gasteiger partial charge on any atom is 0.408 e. The van der Waals surface area contributed by atoms with E-state index < -0.39 is 33.9 Å². The number of H-pyrrole nitrogens is 1. The predicted molar refractivity (Wildman–Crippen MR) is 121 cm³/mol. The number of nitriles is 1. The van der Waals surface area contributed by atoms with Crippen molar-refractivity contribution in [2.45, 2.75) is 57.7 Å². The van der Waals surface area contributed by atoms with Crippen molar-refractivity contribution in [1.29, 1.82) is 5.26 Å². The summed E-state index contributed by atoms with van der Waals surface area (Å²) >= 11 is 0. The summed E-state index contributed by atoms with van der Waals surface area (Å²) in [7, 11) is -3.71. The number of hydrogen-bond donors (Lipinski definition) is 2. The summed E-state index contributed by atoms with van der Waals surface area (Å²) in [5.74, 6) is -0.235. The van der Waals surface area contributed by atoms with E-state index in [0.29, 0.717) is 35.9 Å². The maximum atomic E-state index is 13.3. The molecule has 1 aliphatic rings. The molecule has 0 aliphatic carbocycles. The molecule has 10 nitrogen and oxygen atoms in total. The molecule has 0 saturated carbocycles. The zero-order valence-corrected chi connectivity index (χ0v) is 19.9. The van der Waals surface area contributed by atoms with Crippen LogP contribution in [-0.2, 0) is 26.1 Å². The first kappa shape index (κ1) is 24.4. The number of hydrogen-bond acceptors (Lipinski definition) is 7. The van der Waals surface area contributed by atoms with E-state index in [1.165, 1.54) is 11.0 Å². The second-order valence-electron chi connectivity index (χ2n) is 9.03. The fourth-order valence-corrected chi connectivity index (χ4v) is 4.24. The Balaban J connectivity index is 1.91. The highest BCUT2D eigenvalue weighted by Crippen LogP contribution is 2.26. The van der Waals surface area contributed by atoms with Gasteiger partial charge in [0.1, 0.15) is 23.4 Å². The number of amides is 2. The molecule has 1 aliphatic heterocycles. The van der Waals surface area contributed by atoms with Gasteiger partial charge in [0.15, 0.2) is 0 Å². The van der Waals surface area contributed by atoms with Crippen LogP contribution < -0.4 is 9.50 Å². The molecule has 2 N–H and O–H groups in total. The number of nitrogens with one attached hydrogen (secondary N) is 2. The van der Waals surface area contributed by atoms with Gasteiger partial charge in [-0.1, -0.05) is 0 Å². The first-order valence-electron chi connectivity index (χ1n) is 10.6. The smallest absolute Gasteiger partial charge is 0.408 e. The number of ether oxygens (including phenoxy) is 1. The summed E-state index contributed by atoms with van der Waals surface area (Å²) in [6.45, 7) is 5.60. The van der Waals surface area contributed by atoms with Crippen LogP contribution >= 0.6 is 0 Å². The maximum absolute atomic E-state index is 13.3. The van der Waals surface area contributed by atoms with Crippen molar-refractivity contribution in [1.82, 2.24) is 15.2 Å². The van der Waals surface area contributed by atoms with E-state index in [0.717, 1.165) is 6.26 Å². The van der Waals surface area contributed by atoms with E-state index in [2.05, 4.69) is 16.4 Å². The van der Waals surface area contributed by atoms with E-state index in [1.807, 2.05) is 0 Å². The van der Waals surface area contributed by atoms with Crippen LogP contribution in [0.5, 0.6) is 5.75 Å². The quantitative estimate of drug-likeness (QED) is 0.610. The Morgan fingerprint density at radius 1 is 1.36 bits per heavy atom. The Kier molecular flexibility index (Phi) is 6.88. The Hall–Kier alpha value is -3.26. The lowest BCUT2D eigenvalue weighted by Crippen LogP contribution is -2.51. The average Bonchev–Trinajstić information content (AvgIpc) is 3.31. The highest BCUT2D eigenvalue weighted by Gasteiger charge is 2.35. The molecular formula is C22H28N4O6S. The van der Waals surface area contributed by atoms with Crippen LogP contribution in [0.25, 0.3) is 10.9 Å². The van der Waals surface area contributed by atoms with Crippen LogP contribution in [0.4, 0.5) is 4.79 Å². The summed E-state index contributed by atoms with van der Waals surface area (Å²) in [6.07, 6.45) is 3.31. The highest BCUT2D eigenvalue weighted by molar-refractivity contribution is 7.86. The van der Waals surface area contributed by atoms with Crippen molar-refractivity contribution in [2.24, 2.45) is 0 Å². The second-order valence-corrected chi connectivity index (χ2v) is 10.6. The third-order valence-electron chi connectivity index (χ3n) is 5.08. The minimum atomic E-state index is -3.71. The number of rotatable bonds is 6. The fraction of sp³-hybridized carbons (Fsp3) is 0.500. The Bertz CT molecular complexity index is 1190. The van der Waals surface area contributed by atoms with Crippen LogP contribution in [0, 0.1) is 11.3 Å².